The zero-order chi connectivity index (χ0) is 10.3. The van der Waals surface area contributed by atoms with E-state index in [4.69, 9.17) is 0 Å². The molecule has 1 aromatic rings. The third kappa shape index (κ3) is 1.22. The largest absolute Gasteiger partial charge is 0.299 e. The highest BCUT2D eigenvalue weighted by Gasteiger charge is 2.34. The van der Waals surface area contributed by atoms with Gasteiger partial charge in [-0.2, -0.15) is 0 Å². The number of carbonyl (C=O) groups excluding carboxylic acids is 1. The van der Waals surface area contributed by atoms with Gasteiger partial charge in [0, 0.05) is 17.9 Å². The molecule has 1 saturated carbocycles. The Kier molecular flexibility index (Phi) is 2.06. The lowest BCUT2D eigenvalue weighted by molar-refractivity contribution is -0.125. The van der Waals surface area contributed by atoms with Gasteiger partial charge in [-0.3, -0.25) is 4.79 Å². The Bertz CT molecular complexity index is 401. The number of hydrogen-bond donors (Lipinski definition) is 0. The molecule has 1 atom stereocenters. The first kappa shape index (κ1) is 9.24. The van der Waals surface area contributed by atoms with Gasteiger partial charge in [-0.15, -0.1) is 0 Å². The molecule has 0 aromatic heterocycles. The molecule has 0 amide bonds. The van der Waals surface area contributed by atoms with E-state index in [1.165, 1.54) is 0 Å². The molecule has 0 heterocycles. The van der Waals surface area contributed by atoms with Gasteiger partial charge in [0.1, 0.15) is 11.6 Å². The second kappa shape index (κ2) is 3.12. The van der Waals surface area contributed by atoms with Crippen molar-refractivity contribution in [1.29, 1.82) is 0 Å². The molecule has 1 aliphatic rings. The molecule has 0 radical (unpaired) electrons. The van der Waals surface area contributed by atoms with Crippen molar-refractivity contribution in [2.45, 2.75) is 18.8 Å². The summed E-state index contributed by atoms with van der Waals surface area (Å²) in [4.78, 5) is 11.0. The van der Waals surface area contributed by atoms with E-state index in [9.17, 15) is 18.0 Å². The fourth-order valence-corrected chi connectivity index (χ4v) is 1.57. The number of Topliss-reactive ketones (excluding diaryl/α,β-unsaturated/α-hetero) is 1. The van der Waals surface area contributed by atoms with Crippen LogP contribution in [0, 0.1) is 17.5 Å². The van der Waals surface area contributed by atoms with Gasteiger partial charge in [0.2, 0.25) is 0 Å². The minimum absolute atomic E-state index is 0.228. The van der Waals surface area contributed by atoms with Crippen LogP contribution in [0.1, 0.15) is 24.3 Å². The predicted octanol–water partition coefficient (Wildman–Crippen LogP) is 2.55. The Morgan fingerprint density at radius 3 is 2.29 bits per heavy atom. The lowest BCUT2D eigenvalue weighted by atomic mass is 9.78. The molecule has 1 unspecified atom stereocenters. The summed E-state index contributed by atoms with van der Waals surface area (Å²) in [5, 5.41) is 0. The number of hydrogen-bond acceptors (Lipinski definition) is 1. The van der Waals surface area contributed by atoms with Crippen LogP contribution in [0.2, 0.25) is 0 Å². The van der Waals surface area contributed by atoms with E-state index in [1.807, 2.05) is 0 Å². The van der Waals surface area contributed by atoms with E-state index in [0.29, 0.717) is 12.8 Å². The summed E-state index contributed by atoms with van der Waals surface area (Å²) < 4.78 is 39.0. The molecule has 14 heavy (non-hydrogen) atoms. The van der Waals surface area contributed by atoms with E-state index in [2.05, 4.69) is 0 Å². The number of rotatable bonds is 1. The first-order chi connectivity index (χ1) is 6.61. The van der Waals surface area contributed by atoms with E-state index in [1.54, 1.807) is 0 Å². The molecule has 1 aromatic carbocycles. The van der Waals surface area contributed by atoms with Crippen molar-refractivity contribution in [1.82, 2.24) is 0 Å². The van der Waals surface area contributed by atoms with Crippen LogP contribution in [-0.2, 0) is 4.79 Å². The summed E-state index contributed by atoms with van der Waals surface area (Å²) in [6.45, 7) is 0. The van der Waals surface area contributed by atoms with Gasteiger partial charge < -0.3 is 0 Å². The van der Waals surface area contributed by atoms with E-state index >= 15 is 0 Å². The predicted molar refractivity (Wildman–Crippen MR) is 43.3 cm³/mol. The van der Waals surface area contributed by atoms with E-state index in [0.717, 1.165) is 12.1 Å². The van der Waals surface area contributed by atoms with Gasteiger partial charge in [-0.05, 0) is 18.6 Å². The molecular formula is C10H7F3O. The first-order valence-corrected chi connectivity index (χ1v) is 4.27. The van der Waals surface area contributed by atoms with Crippen LogP contribution in [0.3, 0.4) is 0 Å². The highest BCUT2D eigenvalue weighted by molar-refractivity contribution is 5.91. The van der Waals surface area contributed by atoms with Crippen LogP contribution in [0.4, 0.5) is 13.2 Å². The second-order valence-electron chi connectivity index (χ2n) is 3.31. The van der Waals surface area contributed by atoms with Crippen molar-refractivity contribution in [3.63, 3.8) is 0 Å². The van der Waals surface area contributed by atoms with Crippen molar-refractivity contribution in [2.24, 2.45) is 0 Å². The van der Waals surface area contributed by atoms with Crippen molar-refractivity contribution in [3.8, 4) is 0 Å². The summed E-state index contributed by atoms with van der Waals surface area (Å²) in [6.07, 6.45) is 0.718. The zero-order valence-corrected chi connectivity index (χ0v) is 7.19. The van der Waals surface area contributed by atoms with Crippen LogP contribution in [0.25, 0.3) is 0 Å². The Hall–Kier alpha value is -1.32. The molecule has 1 aliphatic carbocycles. The maximum atomic E-state index is 13.1. The summed E-state index contributed by atoms with van der Waals surface area (Å²) in [5.41, 5.74) is -0.416. The molecule has 2 rings (SSSR count). The van der Waals surface area contributed by atoms with Crippen LogP contribution >= 0.6 is 0 Å². The molecule has 4 heteroatoms. The van der Waals surface area contributed by atoms with Gasteiger partial charge in [-0.25, -0.2) is 13.2 Å². The average Bonchev–Trinajstić information content (AvgIpc) is 2.16. The molecule has 1 fully saturated rings. The number of halogens is 3. The molecule has 74 valence electrons. The minimum Gasteiger partial charge on any atom is -0.299 e. The van der Waals surface area contributed by atoms with Gasteiger partial charge in [-0.1, -0.05) is 0 Å². The molecule has 0 aliphatic heterocycles. The Morgan fingerprint density at radius 1 is 1.14 bits per heavy atom. The van der Waals surface area contributed by atoms with Gasteiger partial charge in [0.15, 0.2) is 11.6 Å². The molecule has 0 saturated heterocycles. The van der Waals surface area contributed by atoms with Crippen molar-refractivity contribution in [2.75, 3.05) is 0 Å². The smallest absolute Gasteiger partial charge is 0.165 e. The quantitative estimate of drug-likeness (QED) is 0.636. The van der Waals surface area contributed by atoms with Gasteiger partial charge >= 0.3 is 0 Å². The maximum absolute atomic E-state index is 13.1. The van der Waals surface area contributed by atoms with Crippen LogP contribution < -0.4 is 0 Å². The summed E-state index contributed by atoms with van der Waals surface area (Å²) in [7, 11) is 0. The maximum Gasteiger partial charge on any atom is 0.165 e. The Balaban J connectivity index is 2.50. The molecule has 0 bridgehead atoms. The number of carbonyl (C=O) groups is 1. The van der Waals surface area contributed by atoms with Crippen LogP contribution in [-0.4, -0.2) is 5.78 Å². The SMILES string of the molecule is O=C1CCC1c1c(F)ccc(F)c1F. The van der Waals surface area contributed by atoms with Gasteiger partial charge in [0.05, 0.1) is 0 Å². The molecule has 1 nitrogen and oxygen atoms in total. The molecular weight excluding hydrogens is 193 g/mol. The monoisotopic (exact) mass is 200 g/mol. The fourth-order valence-electron chi connectivity index (χ4n) is 1.57. The van der Waals surface area contributed by atoms with Crippen molar-refractivity contribution < 1.29 is 18.0 Å². The minimum atomic E-state index is -1.23. The highest BCUT2D eigenvalue weighted by atomic mass is 19.2. The Morgan fingerprint density at radius 2 is 1.79 bits per heavy atom. The number of ketones is 1. The normalized spacial score (nSPS) is 20.8. The lowest BCUT2D eigenvalue weighted by Crippen LogP contribution is -2.25. The highest BCUT2D eigenvalue weighted by Crippen LogP contribution is 2.36. The van der Waals surface area contributed by atoms with E-state index in [-0.39, 0.29) is 5.78 Å². The lowest BCUT2D eigenvalue weighted by Gasteiger charge is -2.24. The summed E-state index contributed by atoms with van der Waals surface area (Å²) in [6, 6.07) is 1.57. The molecule has 0 spiro atoms. The summed E-state index contributed by atoms with van der Waals surface area (Å²) in [5.74, 6) is -4.20. The number of benzene rings is 1. The van der Waals surface area contributed by atoms with Gasteiger partial charge in [0.25, 0.3) is 0 Å². The molecule has 0 N–H and O–H groups in total. The average molecular weight is 200 g/mol. The zero-order valence-electron chi connectivity index (χ0n) is 7.19. The topological polar surface area (TPSA) is 17.1 Å². The standard InChI is InChI=1S/C10H7F3O/c11-6-2-3-7(12)10(13)9(6)5-1-4-8(5)14/h2-3,5H,1,4H2. The van der Waals surface area contributed by atoms with E-state index < -0.39 is 28.9 Å². The second-order valence-corrected chi connectivity index (χ2v) is 3.31. The van der Waals surface area contributed by atoms with Crippen molar-refractivity contribution >= 4 is 5.78 Å². The summed E-state index contributed by atoms with van der Waals surface area (Å²) >= 11 is 0. The fraction of sp³-hybridized carbons (Fsp3) is 0.300. The third-order valence-corrected chi connectivity index (χ3v) is 2.50. The van der Waals surface area contributed by atoms with Crippen LogP contribution in [0.5, 0.6) is 0 Å². The third-order valence-electron chi connectivity index (χ3n) is 2.50. The van der Waals surface area contributed by atoms with Crippen molar-refractivity contribution in [3.05, 3.63) is 35.1 Å². The van der Waals surface area contributed by atoms with Crippen LogP contribution in [0.15, 0.2) is 12.1 Å². The first-order valence-electron chi connectivity index (χ1n) is 4.27. The Labute approximate surface area is 78.5 Å².